The van der Waals surface area contributed by atoms with Gasteiger partial charge in [0.25, 0.3) is 0 Å². The highest BCUT2D eigenvalue weighted by atomic mass is 16.6. The molecule has 6 nitrogen and oxygen atoms in total. The summed E-state index contributed by atoms with van der Waals surface area (Å²) in [6.07, 6.45) is -0.485. The van der Waals surface area contributed by atoms with Crippen LogP contribution in [-0.2, 0) is 4.74 Å². The van der Waals surface area contributed by atoms with Crippen LogP contribution in [0.4, 0.5) is 0 Å². The lowest BCUT2D eigenvalue weighted by atomic mass is 9.57. The first-order valence-electron chi connectivity index (χ1n) is 10.0. The molecule has 5 rings (SSSR count). The maximum atomic E-state index is 11.8. The van der Waals surface area contributed by atoms with Crippen molar-refractivity contribution in [3.05, 3.63) is 0 Å². The zero-order chi connectivity index (χ0) is 19.1. The lowest BCUT2D eigenvalue weighted by molar-refractivity contribution is -0.222. The van der Waals surface area contributed by atoms with E-state index in [-0.39, 0.29) is 30.5 Å². The summed E-state index contributed by atoms with van der Waals surface area (Å²) in [5.74, 6) is -1.17. The van der Waals surface area contributed by atoms with Crippen molar-refractivity contribution in [2.24, 2.45) is 28.6 Å². The van der Waals surface area contributed by atoms with Gasteiger partial charge in [-0.15, -0.1) is 0 Å². The lowest BCUT2D eigenvalue weighted by Crippen LogP contribution is -2.63. The standard InChI is InChI=1S/C20H32O6/c1-16(2)15-12(26-15)13-18(4,24)10-6-5-9-14(22)19(10,8-17(9,3)23)7-11(21)20(13,16)25/h9-15,21-25H,5-8H2,1-4H3/t9-,10-,11+,12+,13+,14-,15+,17-,18-,19+,20-/m1/s1. The molecule has 148 valence electrons. The number of ether oxygens (including phenoxy) is 1. The van der Waals surface area contributed by atoms with Crippen LogP contribution < -0.4 is 0 Å². The van der Waals surface area contributed by atoms with Gasteiger partial charge in [0.2, 0.25) is 0 Å². The van der Waals surface area contributed by atoms with Crippen LogP contribution in [0.3, 0.4) is 0 Å². The van der Waals surface area contributed by atoms with E-state index >= 15 is 0 Å². The summed E-state index contributed by atoms with van der Waals surface area (Å²) in [6, 6.07) is 0. The number of fused-ring (bicyclic) bond motifs is 4. The highest BCUT2D eigenvalue weighted by molar-refractivity contribution is 5.31. The van der Waals surface area contributed by atoms with Crippen molar-refractivity contribution in [2.45, 2.75) is 94.6 Å². The van der Waals surface area contributed by atoms with Crippen LogP contribution in [-0.4, -0.2) is 66.8 Å². The van der Waals surface area contributed by atoms with Gasteiger partial charge in [0.05, 0.1) is 35.6 Å². The van der Waals surface area contributed by atoms with Crippen molar-refractivity contribution in [1.82, 2.24) is 0 Å². The molecule has 1 spiro atoms. The Morgan fingerprint density at radius 3 is 2.27 bits per heavy atom. The number of aliphatic hydroxyl groups is 5. The third-order valence-corrected chi connectivity index (χ3v) is 9.40. The Hall–Kier alpha value is -0.240. The van der Waals surface area contributed by atoms with Crippen LogP contribution in [0, 0.1) is 28.6 Å². The topological polar surface area (TPSA) is 114 Å². The summed E-state index contributed by atoms with van der Waals surface area (Å²) < 4.78 is 5.82. The molecular weight excluding hydrogens is 336 g/mol. The van der Waals surface area contributed by atoms with Crippen molar-refractivity contribution in [3.63, 3.8) is 0 Å². The molecule has 6 heteroatoms. The van der Waals surface area contributed by atoms with Gasteiger partial charge in [-0.2, -0.15) is 0 Å². The predicted octanol–water partition coefficient (Wildman–Crippen LogP) is 0.185. The first-order valence-corrected chi connectivity index (χ1v) is 10.0. The fraction of sp³-hybridized carbons (Fsp3) is 1.00. The molecule has 1 aliphatic heterocycles. The van der Waals surface area contributed by atoms with Crippen molar-refractivity contribution >= 4 is 0 Å². The number of hydrogen-bond acceptors (Lipinski definition) is 6. The molecule has 5 aliphatic rings. The van der Waals surface area contributed by atoms with E-state index in [2.05, 4.69) is 0 Å². The van der Waals surface area contributed by atoms with E-state index in [0.717, 1.165) is 0 Å². The van der Waals surface area contributed by atoms with Gasteiger partial charge in [0.1, 0.15) is 5.60 Å². The fourth-order valence-electron chi connectivity index (χ4n) is 8.27. The molecule has 1 heterocycles. The molecule has 4 saturated carbocycles. The Morgan fingerprint density at radius 1 is 0.962 bits per heavy atom. The molecular formula is C20H32O6. The molecule has 0 aromatic rings. The van der Waals surface area contributed by atoms with Gasteiger partial charge in [0, 0.05) is 22.7 Å². The molecule has 0 radical (unpaired) electrons. The quantitative estimate of drug-likeness (QED) is 0.390. The molecule has 26 heavy (non-hydrogen) atoms. The zero-order valence-corrected chi connectivity index (χ0v) is 16.0. The molecule has 0 amide bonds. The van der Waals surface area contributed by atoms with Gasteiger partial charge in [-0.05, 0) is 45.4 Å². The van der Waals surface area contributed by atoms with Gasteiger partial charge >= 0.3 is 0 Å². The van der Waals surface area contributed by atoms with E-state index in [1.165, 1.54) is 0 Å². The Bertz CT molecular complexity index is 659. The number of epoxide rings is 1. The van der Waals surface area contributed by atoms with Crippen molar-refractivity contribution in [1.29, 1.82) is 0 Å². The largest absolute Gasteiger partial charge is 0.392 e. The maximum absolute atomic E-state index is 11.8. The maximum Gasteiger partial charge on any atom is 0.106 e. The molecule has 11 atom stereocenters. The predicted molar refractivity (Wildman–Crippen MR) is 92.0 cm³/mol. The van der Waals surface area contributed by atoms with E-state index in [9.17, 15) is 25.5 Å². The summed E-state index contributed by atoms with van der Waals surface area (Å²) in [5.41, 5.74) is -5.30. The second-order valence-electron chi connectivity index (χ2n) is 10.9. The zero-order valence-electron chi connectivity index (χ0n) is 16.0. The number of hydrogen-bond donors (Lipinski definition) is 5. The average Bonchev–Trinajstić information content (AvgIpc) is 3.22. The third-order valence-electron chi connectivity index (χ3n) is 9.40. The first kappa shape index (κ1) is 17.8. The summed E-state index contributed by atoms with van der Waals surface area (Å²) in [6.45, 7) is 7.29. The van der Waals surface area contributed by atoms with Gasteiger partial charge in [-0.25, -0.2) is 0 Å². The minimum Gasteiger partial charge on any atom is -0.392 e. The van der Waals surface area contributed by atoms with Crippen LogP contribution in [0.2, 0.25) is 0 Å². The minimum absolute atomic E-state index is 0.166. The fourth-order valence-corrected chi connectivity index (χ4v) is 8.27. The summed E-state index contributed by atoms with van der Waals surface area (Å²) in [7, 11) is 0. The molecule has 0 aromatic carbocycles. The summed E-state index contributed by atoms with van der Waals surface area (Å²) >= 11 is 0. The molecule has 2 bridgehead atoms. The monoisotopic (exact) mass is 368 g/mol. The van der Waals surface area contributed by atoms with Crippen LogP contribution in [0.25, 0.3) is 0 Å². The molecule has 4 aliphatic carbocycles. The summed E-state index contributed by atoms with van der Waals surface area (Å²) in [4.78, 5) is 0. The normalized spacial score (nSPS) is 68.0. The van der Waals surface area contributed by atoms with Crippen molar-refractivity contribution in [2.75, 3.05) is 0 Å². The van der Waals surface area contributed by atoms with Crippen LogP contribution in [0.15, 0.2) is 0 Å². The van der Waals surface area contributed by atoms with Gasteiger partial charge in [0.15, 0.2) is 0 Å². The Kier molecular flexibility index (Phi) is 3.08. The smallest absolute Gasteiger partial charge is 0.106 e. The SMILES string of the molecule is CC1(C)[C@H]2O[C@H]2[C@H]2[C@](C)(O)[C@H]3CC[C@@H]4[C@@H](O)[C@@]3(C[C@H](O)[C@@]21O)C[C@@]4(C)O. The Morgan fingerprint density at radius 2 is 1.62 bits per heavy atom. The molecule has 5 fully saturated rings. The summed E-state index contributed by atoms with van der Waals surface area (Å²) in [5, 5.41) is 56.9. The third kappa shape index (κ3) is 1.64. The Labute approximate surface area is 154 Å². The number of rotatable bonds is 0. The first-order chi connectivity index (χ1) is 11.8. The van der Waals surface area contributed by atoms with Crippen LogP contribution >= 0.6 is 0 Å². The highest BCUT2D eigenvalue weighted by Crippen LogP contribution is 2.72. The average molecular weight is 368 g/mol. The Balaban J connectivity index is 1.70. The molecule has 0 aromatic heterocycles. The second kappa shape index (κ2) is 4.50. The van der Waals surface area contributed by atoms with Crippen LogP contribution in [0.1, 0.15) is 53.4 Å². The molecule has 5 N–H and O–H groups in total. The van der Waals surface area contributed by atoms with Crippen molar-refractivity contribution < 1.29 is 30.3 Å². The van der Waals surface area contributed by atoms with E-state index in [4.69, 9.17) is 4.74 Å². The minimum atomic E-state index is -1.49. The van der Waals surface area contributed by atoms with E-state index in [1.54, 1.807) is 13.8 Å². The van der Waals surface area contributed by atoms with Crippen LogP contribution in [0.5, 0.6) is 0 Å². The second-order valence-corrected chi connectivity index (χ2v) is 10.9. The van der Waals surface area contributed by atoms with E-state index < -0.39 is 45.8 Å². The lowest BCUT2D eigenvalue weighted by Gasteiger charge is -2.51. The van der Waals surface area contributed by atoms with Gasteiger partial charge in [-0.1, -0.05) is 13.8 Å². The number of aliphatic hydroxyl groups excluding tert-OH is 2. The van der Waals surface area contributed by atoms with Gasteiger partial charge < -0.3 is 30.3 Å². The van der Waals surface area contributed by atoms with E-state index in [0.29, 0.717) is 19.3 Å². The van der Waals surface area contributed by atoms with Gasteiger partial charge in [-0.3, -0.25) is 0 Å². The highest BCUT2D eigenvalue weighted by Gasteiger charge is 2.82. The molecule has 0 unspecified atom stereocenters. The van der Waals surface area contributed by atoms with E-state index in [1.807, 2.05) is 13.8 Å². The van der Waals surface area contributed by atoms with Crippen molar-refractivity contribution in [3.8, 4) is 0 Å². The molecule has 1 saturated heterocycles.